The molecule has 1 aliphatic heterocycles. The first-order valence-corrected chi connectivity index (χ1v) is 5.05. The summed E-state index contributed by atoms with van der Waals surface area (Å²) in [6.07, 6.45) is 0.823. The molecule has 0 saturated carbocycles. The molecule has 16 heavy (non-hydrogen) atoms. The highest BCUT2D eigenvalue weighted by molar-refractivity contribution is 5.57. The van der Waals surface area contributed by atoms with E-state index in [4.69, 9.17) is 0 Å². The minimum absolute atomic E-state index is 0.0318. The second-order valence-electron chi connectivity index (χ2n) is 3.94. The molecule has 0 spiro atoms. The Morgan fingerprint density at radius 1 is 1.25 bits per heavy atom. The number of nitrogens with one attached hydrogen (secondary N) is 2. The summed E-state index contributed by atoms with van der Waals surface area (Å²) in [7, 11) is 0. The number of carbonyl (C=O) groups is 1. The molecule has 0 aliphatic carbocycles. The fourth-order valence-electron chi connectivity index (χ4n) is 1.91. The van der Waals surface area contributed by atoms with Crippen LogP contribution >= 0.6 is 0 Å². The summed E-state index contributed by atoms with van der Waals surface area (Å²) in [5.41, 5.74) is 6.37. The Bertz CT molecular complexity index is 411. The molecule has 1 aromatic carbocycles. The van der Waals surface area contributed by atoms with Gasteiger partial charge in [-0.05, 0) is 24.6 Å². The van der Waals surface area contributed by atoms with Gasteiger partial charge in [-0.1, -0.05) is 6.07 Å². The molecular formula is C11H12F2N2O. The van der Waals surface area contributed by atoms with Crippen LogP contribution in [0.25, 0.3) is 0 Å². The second kappa shape index (κ2) is 4.27. The zero-order valence-electron chi connectivity index (χ0n) is 8.71. The van der Waals surface area contributed by atoms with E-state index in [-0.39, 0.29) is 18.0 Å². The minimum atomic E-state index is -0.900. The van der Waals surface area contributed by atoms with E-state index < -0.39 is 11.6 Å². The third-order valence-corrected chi connectivity index (χ3v) is 2.89. The third kappa shape index (κ3) is 1.83. The maximum absolute atomic E-state index is 13.0. The monoisotopic (exact) mass is 226 g/mol. The van der Waals surface area contributed by atoms with Gasteiger partial charge in [0.2, 0.25) is 0 Å². The van der Waals surface area contributed by atoms with Crippen LogP contribution in [-0.2, 0) is 4.79 Å². The normalized spacial score (nSPS) is 29.3. The molecule has 5 heteroatoms. The van der Waals surface area contributed by atoms with Crippen LogP contribution in [0.4, 0.5) is 8.78 Å². The molecule has 1 aliphatic rings. The van der Waals surface area contributed by atoms with Gasteiger partial charge < -0.3 is 4.79 Å². The third-order valence-electron chi connectivity index (χ3n) is 2.89. The van der Waals surface area contributed by atoms with Crippen molar-refractivity contribution in [3.63, 3.8) is 0 Å². The van der Waals surface area contributed by atoms with Gasteiger partial charge in [-0.3, -0.25) is 5.43 Å². The molecule has 1 heterocycles. The van der Waals surface area contributed by atoms with E-state index >= 15 is 0 Å². The molecule has 0 bridgehead atoms. The maximum atomic E-state index is 13.0. The number of hydrogen-bond acceptors (Lipinski definition) is 3. The Labute approximate surface area is 91.8 Å². The number of rotatable bonds is 2. The summed E-state index contributed by atoms with van der Waals surface area (Å²) in [6, 6.07) is 3.31. The zero-order chi connectivity index (χ0) is 11.7. The van der Waals surface area contributed by atoms with Gasteiger partial charge in [0.05, 0.1) is 12.0 Å². The van der Waals surface area contributed by atoms with Crippen molar-refractivity contribution < 1.29 is 13.6 Å². The molecule has 3 atom stereocenters. The van der Waals surface area contributed by atoms with Crippen LogP contribution < -0.4 is 10.9 Å². The lowest BCUT2D eigenvalue weighted by atomic mass is 9.91. The molecule has 1 fully saturated rings. The van der Waals surface area contributed by atoms with Gasteiger partial charge in [-0.2, -0.15) is 0 Å². The van der Waals surface area contributed by atoms with Crippen molar-refractivity contribution in [1.82, 2.24) is 10.9 Å². The van der Waals surface area contributed by atoms with Crippen molar-refractivity contribution in [3.8, 4) is 0 Å². The minimum Gasteiger partial charge on any atom is -0.303 e. The maximum Gasteiger partial charge on any atom is 0.159 e. The topological polar surface area (TPSA) is 41.1 Å². The van der Waals surface area contributed by atoms with Crippen LogP contribution in [0.15, 0.2) is 18.2 Å². The summed E-state index contributed by atoms with van der Waals surface area (Å²) < 4.78 is 25.8. The number of benzene rings is 1. The van der Waals surface area contributed by atoms with Gasteiger partial charge >= 0.3 is 0 Å². The molecule has 3 nitrogen and oxygen atoms in total. The average Bonchev–Trinajstić information content (AvgIpc) is 2.63. The lowest BCUT2D eigenvalue weighted by Crippen LogP contribution is -2.29. The molecule has 1 saturated heterocycles. The van der Waals surface area contributed by atoms with Gasteiger partial charge in [-0.15, -0.1) is 0 Å². The lowest BCUT2D eigenvalue weighted by Gasteiger charge is -2.15. The SMILES string of the molecule is CC1NNC(c2ccc(F)c(F)c2)C1C=O. The van der Waals surface area contributed by atoms with Crippen LogP contribution in [0.1, 0.15) is 18.5 Å². The van der Waals surface area contributed by atoms with E-state index in [0.29, 0.717) is 5.56 Å². The van der Waals surface area contributed by atoms with Crippen molar-refractivity contribution in [2.24, 2.45) is 5.92 Å². The number of aldehydes is 1. The summed E-state index contributed by atoms with van der Waals surface area (Å²) in [5.74, 6) is -2.07. The molecule has 1 aromatic rings. The van der Waals surface area contributed by atoms with Crippen LogP contribution in [0.2, 0.25) is 0 Å². The molecule has 0 radical (unpaired) electrons. The molecule has 86 valence electrons. The zero-order valence-corrected chi connectivity index (χ0v) is 8.71. The van der Waals surface area contributed by atoms with Gasteiger partial charge in [0, 0.05) is 6.04 Å². The average molecular weight is 226 g/mol. The van der Waals surface area contributed by atoms with Crippen LogP contribution in [0.5, 0.6) is 0 Å². The first-order valence-electron chi connectivity index (χ1n) is 5.05. The number of carbonyl (C=O) groups excluding carboxylic acids is 1. The van der Waals surface area contributed by atoms with Gasteiger partial charge in [-0.25, -0.2) is 14.2 Å². The Hall–Kier alpha value is -1.33. The van der Waals surface area contributed by atoms with Crippen molar-refractivity contribution in [3.05, 3.63) is 35.4 Å². The van der Waals surface area contributed by atoms with E-state index in [1.807, 2.05) is 6.92 Å². The first kappa shape index (κ1) is 11.2. The summed E-state index contributed by atoms with van der Waals surface area (Å²) in [4.78, 5) is 10.9. The predicted molar refractivity (Wildman–Crippen MR) is 54.4 cm³/mol. The van der Waals surface area contributed by atoms with Gasteiger partial charge in [0.15, 0.2) is 11.6 Å². The second-order valence-corrected chi connectivity index (χ2v) is 3.94. The van der Waals surface area contributed by atoms with Crippen molar-refractivity contribution in [2.75, 3.05) is 0 Å². The quantitative estimate of drug-likeness (QED) is 0.747. The molecule has 2 rings (SSSR count). The Balaban J connectivity index is 2.30. The summed E-state index contributed by atoms with van der Waals surface area (Å²) >= 11 is 0. The Morgan fingerprint density at radius 3 is 2.62 bits per heavy atom. The fraction of sp³-hybridized carbons (Fsp3) is 0.364. The molecule has 2 N–H and O–H groups in total. The first-order chi connectivity index (χ1) is 7.63. The highest BCUT2D eigenvalue weighted by atomic mass is 19.2. The molecule has 0 amide bonds. The number of halogens is 2. The predicted octanol–water partition coefficient (Wildman–Crippen LogP) is 1.32. The molecule has 3 unspecified atom stereocenters. The van der Waals surface area contributed by atoms with Crippen molar-refractivity contribution >= 4 is 6.29 Å². The Morgan fingerprint density at radius 2 is 2.00 bits per heavy atom. The Kier molecular flexibility index (Phi) is 2.98. The molecular weight excluding hydrogens is 214 g/mol. The largest absolute Gasteiger partial charge is 0.303 e. The van der Waals surface area contributed by atoms with E-state index in [2.05, 4.69) is 10.9 Å². The summed E-state index contributed by atoms with van der Waals surface area (Å²) in [6.45, 7) is 1.85. The van der Waals surface area contributed by atoms with Crippen molar-refractivity contribution in [2.45, 2.75) is 19.0 Å². The summed E-state index contributed by atoms with van der Waals surface area (Å²) in [5, 5.41) is 0. The van der Waals surface area contributed by atoms with Crippen LogP contribution in [0, 0.1) is 17.6 Å². The van der Waals surface area contributed by atoms with E-state index in [1.165, 1.54) is 6.07 Å². The van der Waals surface area contributed by atoms with E-state index in [9.17, 15) is 13.6 Å². The van der Waals surface area contributed by atoms with E-state index in [0.717, 1.165) is 18.4 Å². The highest BCUT2D eigenvalue weighted by Gasteiger charge is 2.33. The lowest BCUT2D eigenvalue weighted by molar-refractivity contribution is -0.111. The fourth-order valence-corrected chi connectivity index (χ4v) is 1.91. The smallest absolute Gasteiger partial charge is 0.159 e. The van der Waals surface area contributed by atoms with Gasteiger partial charge in [0.25, 0.3) is 0 Å². The van der Waals surface area contributed by atoms with Gasteiger partial charge in [0.1, 0.15) is 6.29 Å². The molecule has 0 aromatic heterocycles. The number of hydrogen-bond donors (Lipinski definition) is 2. The number of hydrazine groups is 1. The van der Waals surface area contributed by atoms with Crippen molar-refractivity contribution in [1.29, 1.82) is 0 Å². The van der Waals surface area contributed by atoms with E-state index in [1.54, 1.807) is 0 Å². The van der Waals surface area contributed by atoms with Crippen LogP contribution in [-0.4, -0.2) is 12.3 Å². The van der Waals surface area contributed by atoms with Crippen LogP contribution in [0.3, 0.4) is 0 Å². The standard InChI is InChI=1S/C11H12F2N2O/c1-6-8(5-16)11(15-14-6)7-2-3-9(12)10(13)4-7/h2-6,8,11,14-15H,1H3. The highest BCUT2D eigenvalue weighted by Crippen LogP contribution is 2.27.